The van der Waals surface area contributed by atoms with Gasteiger partial charge in [-0.1, -0.05) is 0 Å². The number of benzene rings is 1. The summed E-state index contributed by atoms with van der Waals surface area (Å²) >= 11 is 6.92. The van der Waals surface area contributed by atoms with Crippen LogP contribution in [-0.2, 0) is 16.1 Å². The molecule has 2 aromatic rings. The summed E-state index contributed by atoms with van der Waals surface area (Å²) in [7, 11) is 1.23. The van der Waals surface area contributed by atoms with Gasteiger partial charge in [-0.3, -0.25) is 9.69 Å². The second kappa shape index (κ2) is 9.05. The molecule has 8 nitrogen and oxygen atoms in total. The zero-order valence-electron chi connectivity index (χ0n) is 16.3. The number of halogens is 2. The van der Waals surface area contributed by atoms with Gasteiger partial charge in [-0.25, -0.2) is 9.59 Å². The predicted octanol–water partition coefficient (Wildman–Crippen LogP) is 4.47. The molecule has 1 aliphatic heterocycles. The summed E-state index contributed by atoms with van der Waals surface area (Å²) < 4.78 is 17.1. The first-order valence-corrected chi connectivity index (χ1v) is 10.5. The molecule has 0 radical (unpaired) electrons. The quantitative estimate of drug-likeness (QED) is 0.329. The molecule has 1 aromatic heterocycles. The molecule has 158 valence electrons. The zero-order chi connectivity index (χ0) is 22.0. The fourth-order valence-electron chi connectivity index (χ4n) is 2.72. The molecule has 30 heavy (non-hydrogen) atoms. The largest absolute Gasteiger partial charge is 0.489 e. The van der Waals surface area contributed by atoms with Crippen LogP contribution in [0.5, 0.6) is 5.75 Å². The van der Waals surface area contributed by atoms with Gasteiger partial charge in [0.25, 0.3) is 5.91 Å². The Morgan fingerprint density at radius 1 is 1.23 bits per heavy atom. The van der Waals surface area contributed by atoms with Crippen molar-refractivity contribution in [1.29, 1.82) is 0 Å². The lowest BCUT2D eigenvalue weighted by Crippen LogP contribution is -2.30. The lowest BCUT2D eigenvalue weighted by Gasteiger charge is -2.14. The molecule has 2 heterocycles. The third-order valence-corrected chi connectivity index (χ3v) is 5.19. The molecular formula is C20H18Br2N2O6. The number of amides is 3. The van der Waals surface area contributed by atoms with E-state index in [1.165, 1.54) is 19.2 Å². The molecule has 1 N–H and O–H groups in total. The van der Waals surface area contributed by atoms with Crippen LogP contribution in [-0.4, -0.2) is 36.0 Å². The topological polar surface area (TPSA) is 98.1 Å². The van der Waals surface area contributed by atoms with E-state index in [1.54, 1.807) is 18.2 Å². The zero-order valence-corrected chi connectivity index (χ0v) is 19.5. The summed E-state index contributed by atoms with van der Waals surface area (Å²) in [6, 6.07) is 5.92. The normalized spacial score (nSPS) is 15.1. The lowest BCUT2D eigenvalue weighted by molar-refractivity contribution is -0.123. The molecule has 1 aromatic carbocycles. The van der Waals surface area contributed by atoms with Crippen LogP contribution in [0.2, 0.25) is 0 Å². The van der Waals surface area contributed by atoms with Gasteiger partial charge in [0.05, 0.1) is 28.7 Å². The number of carbonyl (C=O) groups excluding carboxylic acids is 3. The fourth-order valence-corrected chi connectivity index (χ4v) is 4.13. The Morgan fingerprint density at radius 2 is 1.90 bits per heavy atom. The summed E-state index contributed by atoms with van der Waals surface area (Å²) in [5.41, 5.74) is 0.803. The fraction of sp³-hybridized carbons (Fsp3) is 0.250. The molecule has 0 aliphatic carbocycles. The van der Waals surface area contributed by atoms with Crippen molar-refractivity contribution in [2.75, 3.05) is 7.11 Å². The van der Waals surface area contributed by atoms with E-state index >= 15 is 0 Å². The van der Waals surface area contributed by atoms with Crippen LogP contribution < -0.4 is 10.1 Å². The highest BCUT2D eigenvalue weighted by molar-refractivity contribution is 9.11. The minimum Gasteiger partial charge on any atom is -0.489 e. The Hall–Kier alpha value is -2.59. The van der Waals surface area contributed by atoms with E-state index in [1.807, 2.05) is 13.8 Å². The van der Waals surface area contributed by atoms with E-state index in [-0.39, 0.29) is 29.9 Å². The van der Waals surface area contributed by atoms with Crippen LogP contribution in [0.15, 0.2) is 43.3 Å². The second-order valence-electron chi connectivity index (χ2n) is 6.62. The summed E-state index contributed by atoms with van der Waals surface area (Å²) in [5, 5.41) is 2.55. The van der Waals surface area contributed by atoms with Crippen molar-refractivity contribution in [3.63, 3.8) is 0 Å². The lowest BCUT2D eigenvalue weighted by atomic mass is 10.2. The number of ether oxygens (including phenoxy) is 2. The molecule has 1 aliphatic rings. The van der Waals surface area contributed by atoms with Crippen LogP contribution in [0.4, 0.5) is 4.79 Å². The number of urea groups is 1. The van der Waals surface area contributed by atoms with Crippen molar-refractivity contribution in [2.24, 2.45) is 0 Å². The average molecular weight is 542 g/mol. The highest BCUT2D eigenvalue weighted by Crippen LogP contribution is 2.36. The number of esters is 1. The predicted molar refractivity (Wildman–Crippen MR) is 115 cm³/mol. The Balaban J connectivity index is 1.79. The van der Waals surface area contributed by atoms with Crippen molar-refractivity contribution < 1.29 is 28.3 Å². The van der Waals surface area contributed by atoms with E-state index in [0.717, 1.165) is 4.90 Å². The van der Waals surface area contributed by atoms with Gasteiger partial charge in [-0.15, -0.1) is 0 Å². The number of imide groups is 1. The third-order valence-electron chi connectivity index (χ3n) is 4.01. The number of furan rings is 1. The number of nitrogens with zero attached hydrogens (tertiary/aromatic N) is 1. The molecule has 0 bridgehead atoms. The Labute approximate surface area is 189 Å². The van der Waals surface area contributed by atoms with Crippen LogP contribution in [0.25, 0.3) is 6.08 Å². The number of rotatable bonds is 6. The smallest absolute Gasteiger partial charge is 0.373 e. The maximum atomic E-state index is 12.7. The van der Waals surface area contributed by atoms with Gasteiger partial charge in [0.1, 0.15) is 17.2 Å². The van der Waals surface area contributed by atoms with Crippen molar-refractivity contribution in [2.45, 2.75) is 26.5 Å². The molecule has 0 atom stereocenters. The number of hydrogen-bond acceptors (Lipinski definition) is 6. The van der Waals surface area contributed by atoms with E-state index in [4.69, 9.17) is 9.15 Å². The molecule has 1 fully saturated rings. The molecule has 0 spiro atoms. The molecule has 10 heteroatoms. The summed E-state index contributed by atoms with van der Waals surface area (Å²) in [6.07, 6.45) is 1.56. The highest BCUT2D eigenvalue weighted by atomic mass is 79.9. The van der Waals surface area contributed by atoms with E-state index in [2.05, 4.69) is 41.9 Å². The monoisotopic (exact) mass is 540 g/mol. The van der Waals surface area contributed by atoms with Gasteiger partial charge in [-0.05, 0) is 81.6 Å². The minimum atomic E-state index is -0.639. The first-order valence-electron chi connectivity index (χ1n) is 8.87. The molecule has 0 unspecified atom stereocenters. The number of methoxy groups -OCH3 is 1. The summed E-state index contributed by atoms with van der Waals surface area (Å²) in [6.45, 7) is 3.72. The summed E-state index contributed by atoms with van der Waals surface area (Å²) in [5.74, 6) is -0.227. The second-order valence-corrected chi connectivity index (χ2v) is 8.33. The SMILES string of the molecule is COC(=O)c1ccc(CN2C(=O)N/C(=C\c3cc(Br)c(OC(C)C)c(Br)c3)C2=O)o1. The van der Waals surface area contributed by atoms with Gasteiger partial charge < -0.3 is 19.2 Å². The third kappa shape index (κ3) is 4.76. The number of nitrogens with one attached hydrogen (secondary N) is 1. The van der Waals surface area contributed by atoms with Gasteiger partial charge in [-0.2, -0.15) is 0 Å². The Bertz CT molecular complexity index is 1020. The highest BCUT2D eigenvalue weighted by Gasteiger charge is 2.34. The number of carbonyl (C=O) groups is 3. The van der Waals surface area contributed by atoms with Crippen LogP contribution in [0.1, 0.15) is 35.7 Å². The van der Waals surface area contributed by atoms with Crippen molar-refractivity contribution in [3.8, 4) is 5.75 Å². The summed E-state index contributed by atoms with van der Waals surface area (Å²) in [4.78, 5) is 37.5. The van der Waals surface area contributed by atoms with Gasteiger partial charge in [0.15, 0.2) is 0 Å². The Kier molecular flexibility index (Phi) is 6.67. The standard InChI is InChI=1S/C20H18Br2N2O6/c1-10(2)29-17-13(21)6-11(7-14(17)22)8-15-18(25)24(20(27)23-15)9-12-4-5-16(30-12)19(26)28-3/h4-8,10H,9H2,1-3H3,(H,23,27)/b15-8-. The maximum absolute atomic E-state index is 12.7. The maximum Gasteiger partial charge on any atom is 0.373 e. The van der Waals surface area contributed by atoms with Crippen molar-refractivity contribution >= 4 is 55.8 Å². The molecular weight excluding hydrogens is 524 g/mol. The number of hydrogen-bond donors (Lipinski definition) is 1. The first-order chi connectivity index (χ1) is 14.2. The molecule has 3 rings (SSSR count). The van der Waals surface area contributed by atoms with Crippen LogP contribution in [0.3, 0.4) is 0 Å². The van der Waals surface area contributed by atoms with E-state index in [9.17, 15) is 14.4 Å². The van der Waals surface area contributed by atoms with Gasteiger partial charge in [0, 0.05) is 0 Å². The molecule has 0 saturated carbocycles. The van der Waals surface area contributed by atoms with Crippen LogP contribution >= 0.6 is 31.9 Å². The van der Waals surface area contributed by atoms with Gasteiger partial charge in [0.2, 0.25) is 5.76 Å². The molecule has 3 amide bonds. The average Bonchev–Trinajstić information content (AvgIpc) is 3.25. The van der Waals surface area contributed by atoms with Crippen molar-refractivity contribution in [3.05, 3.63) is 56.0 Å². The molecule has 1 saturated heterocycles. The van der Waals surface area contributed by atoms with Gasteiger partial charge >= 0.3 is 12.0 Å². The van der Waals surface area contributed by atoms with E-state index in [0.29, 0.717) is 20.3 Å². The first kappa shape index (κ1) is 22.1. The van der Waals surface area contributed by atoms with Crippen LogP contribution in [0, 0.1) is 0 Å². The Morgan fingerprint density at radius 3 is 2.50 bits per heavy atom. The van der Waals surface area contributed by atoms with Crippen molar-refractivity contribution in [1.82, 2.24) is 10.2 Å². The minimum absolute atomic E-state index is 0.00581. The van der Waals surface area contributed by atoms with E-state index < -0.39 is 17.9 Å².